The lowest BCUT2D eigenvalue weighted by molar-refractivity contribution is 0.0382. The van der Waals surface area contributed by atoms with Gasteiger partial charge in [-0.25, -0.2) is 15.0 Å². The summed E-state index contributed by atoms with van der Waals surface area (Å²) >= 11 is 5.29. The molecule has 196 valence electrons. The fourth-order valence-corrected chi connectivity index (χ4v) is 5.21. The molecule has 1 aromatic carbocycles. The number of benzene rings is 1. The van der Waals surface area contributed by atoms with Crippen LogP contribution in [0.3, 0.4) is 0 Å². The number of aromatic nitrogens is 4. The van der Waals surface area contributed by atoms with Gasteiger partial charge in [-0.3, -0.25) is 15.0 Å². The molecule has 4 heterocycles. The second-order valence-corrected chi connectivity index (χ2v) is 9.55. The first kappa shape index (κ1) is 25.5. The third-order valence-electron chi connectivity index (χ3n) is 7.02. The summed E-state index contributed by atoms with van der Waals surface area (Å²) in [5.41, 5.74) is 3.41. The van der Waals surface area contributed by atoms with Gasteiger partial charge in [-0.05, 0) is 31.9 Å². The Balaban J connectivity index is 1.25. The molecule has 3 aromatic rings. The highest BCUT2D eigenvalue weighted by molar-refractivity contribution is 7.78. The van der Waals surface area contributed by atoms with E-state index in [9.17, 15) is 0 Å². The zero-order valence-electron chi connectivity index (χ0n) is 21.3. The second-order valence-electron chi connectivity index (χ2n) is 9.34. The first-order valence-electron chi connectivity index (χ1n) is 12.9. The topological polar surface area (TPSA) is 91.8 Å². The Morgan fingerprint density at radius 3 is 2.73 bits per heavy atom. The third-order valence-corrected chi connectivity index (χ3v) is 7.26. The highest BCUT2D eigenvalue weighted by atomic mass is 32.1. The number of hydrogen-bond acceptors (Lipinski definition) is 10. The van der Waals surface area contributed by atoms with Gasteiger partial charge < -0.3 is 19.7 Å². The number of anilines is 1. The van der Waals surface area contributed by atoms with Gasteiger partial charge in [-0.15, -0.1) is 0 Å². The first-order valence-corrected chi connectivity index (χ1v) is 13.4. The summed E-state index contributed by atoms with van der Waals surface area (Å²) in [6.45, 7) is 5.58. The second kappa shape index (κ2) is 12.4. The van der Waals surface area contributed by atoms with Crippen molar-refractivity contribution in [3.05, 3.63) is 42.7 Å². The van der Waals surface area contributed by atoms with Crippen molar-refractivity contribution in [2.24, 2.45) is 0 Å². The molecule has 2 aliphatic rings. The Kier molecular flexibility index (Phi) is 8.54. The van der Waals surface area contributed by atoms with Crippen LogP contribution in [0.25, 0.3) is 10.9 Å². The fraction of sp³-hybridized carbons (Fsp3) is 0.500. The van der Waals surface area contributed by atoms with Gasteiger partial charge in [0.25, 0.3) is 0 Å². The quantitative estimate of drug-likeness (QED) is 0.399. The first-order chi connectivity index (χ1) is 18.2. The molecule has 37 heavy (non-hydrogen) atoms. The Morgan fingerprint density at radius 2 is 2.00 bits per heavy atom. The highest BCUT2D eigenvalue weighted by Crippen LogP contribution is 2.35. The van der Waals surface area contributed by atoms with E-state index in [0.717, 1.165) is 67.3 Å². The van der Waals surface area contributed by atoms with Crippen LogP contribution in [-0.4, -0.2) is 87.9 Å². The Bertz CT molecular complexity index is 1170. The lowest BCUT2D eigenvalue weighted by atomic mass is 10.0. The average Bonchev–Trinajstić information content (AvgIpc) is 2.96. The largest absolute Gasteiger partial charge is 0.493 e. The number of piperidine rings is 1. The van der Waals surface area contributed by atoms with Gasteiger partial charge in [0.15, 0.2) is 11.5 Å². The summed E-state index contributed by atoms with van der Waals surface area (Å²) in [6, 6.07) is 4.50. The van der Waals surface area contributed by atoms with Crippen LogP contribution in [0.2, 0.25) is 0 Å². The maximum Gasteiger partial charge on any atom is 0.163 e. The number of fused-ring (bicyclic) bond motifs is 1. The minimum atomic E-state index is 0.530. The fourth-order valence-electron chi connectivity index (χ4n) is 5.00. The van der Waals surface area contributed by atoms with Crippen molar-refractivity contribution in [3.63, 3.8) is 0 Å². The van der Waals surface area contributed by atoms with Crippen molar-refractivity contribution >= 4 is 34.4 Å². The number of thiocarbonyl (C=S) groups is 1. The number of rotatable bonds is 10. The summed E-state index contributed by atoms with van der Waals surface area (Å²) in [6.07, 6.45) is 11.5. The van der Waals surface area contributed by atoms with Gasteiger partial charge >= 0.3 is 0 Å². The molecule has 1 atom stereocenters. The van der Waals surface area contributed by atoms with E-state index in [1.54, 1.807) is 37.5 Å². The van der Waals surface area contributed by atoms with Crippen LogP contribution in [0.1, 0.15) is 31.4 Å². The van der Waals surface area contributed by atoms with Gasteiger partial charge in [0.1, 0.15) is 12.1 Å². The number of methoxy groups -OCH3 is 1. The lowest BCUT2D eigenvalue weighted by Gasteiger charge is -2.40. The van der Waals surface area contributed by atoms with Crippen LogP contribution < -0.4 is 19.7 Å². The molecular formula is C26H34N8O2S. The van der Waals surface area contributed by atoms with Crippen LogP contribution in [-0.2, 0) is 6.54 Å². The molecule has 0 spiro atoms. The summed E-state index contributed by atoms with van der Waals surface area (Å²) in [5.74, 6) is 2.33. The minimum absolute atomic E-state index is 0.530. The predicted molar refractivity (Wildman–Crippen MR) is 147 cm³/mol. The Morgan fingerprint density at radius 1 is 1.11 bits per heavy atom. The van der Waals surface area contributed by atoms with Crippen molar-refractivity contribution in [2.45, 2.75) is 38.3 Å². The van der Waals surface area contributed by atoms with Crippen LogP contribution in [0.5, 0.6) is 11.5 Å². The zero-order valence-corrected chi connectivity index (χ0v) is 22.1. The molecule has 1 unspecified atom stereocenters. The van der Waals surface area contributed by atoms with Crippen molar-refractivity contribution in [1.29, 1.82) is 0 Å². The Labute approximate surface area is 223 Å². The Hall–Kier alpha value is -3.15. The van der Waals surface area contributed by atoms with Gasteiger partial charge in [0, 0.05) is 56.1 Å². The van der Waals surface area contributed by atoms with Crippen LogP contribution in [0, 0.1) is 0 Å². The van der Waals surface area contributed by atoms with E-state index in [2.05, 4.69) is 35.2 Å². The van der Waals surface area contributed by atoms with Gasteiger partial charge in [0.05, 0.1) is 43.2 Å². The molecule has 10 nitrogen and oxygen atoms in total. The van der Waals surface area contributed by atoms with Crippen molar-refractivity contribution in [2.75, 3.05) is 51.3 Å². The summed E-state index contributed by atoms with van der Waals surface area (Å²) in [7, 11) is 1.68. The number of nitrogens with zero attached hydrogens (tertiary/aromatic N) is 7. The van der Waals surface area contributed by atoms with Gasteiger partial charge in [-0.2, -0.15) is 0 Å². The molecular weight excluding hydrogens is 488 g/mol. The van der Waals surface area contributed by atoms with E-state index >= 15 is 0 Å². The molecule has 5 rings (SSSR count). The lowest BCUT2D eigenvalue weighted by Crippen LogP contribution is -2.53. The maximum atomic E-state index is 6.15. The minimum Gasteiger partial charge on any atom is -0.493 e. The smallest absolute Gasteiger partial charge is 0.163 e. The molecule has 0 bridgehead atoms. The molecule has 11 heteroatoms. The standard InChI is InChI=1S/C26H34N8O2S/c1-35-24-14-22-23(15-25(24)36-13-5-20-4-2-3-6-28-20)30-18-31-26(22)32-9-11-33(12-10-32)34(19-37)17-21-16-27-7-8-29-21/h7-8,14-16,18-20,28H,2-6,9-13,17H2,1H3. The number of nitrogens with one attached hydrogen (secondary N) is 1. The van der Waals surface area contributed by atoms with Gasteiger partial charge in [0.2, 0.25) is 0 Å². The number of hydrogen-bond donors (Lipinski definition) is 1. The predicted octanol–water partition coefficient (Wildman–Crippen LogP) is 2.84. The highest BCUT2D eigenvalue weighted by Gasteiger charge is 2.24. The maximum absolute atomic E-state index is 6.15. The molecule has 0 radical (unpaired) electrons. The molecule has 0 aliphatic carbocycles. The third kappa shape index (κ3) is 6.23. The summed E-state index contributed by atoms with van der Waals surface area (Å²) in [4.78, 5) is 20.0. The zero-order chi connectivity index (χ0) is 25.5. The number of ether oxygens (including phenoxy) is 2. The number of piperazine rings is 1. The van der Waals surface area contributed by atoms with Crippen molar-refractivity contribution < 1.29 is 9.47 Å². The van der Waals surface area contributed by atoms with Crippen molar-refractivity contribution in [3.8, 4) is 11.5 Å². The van der Waals surface area contributed by atoms with E-state index in [0.29, 0.717) is 24.9 Å². The van der Waals surface area contributed by atoms with E-state index in [4.69, 9.17) is 21.7 Å². The van der Waals surface area contributed by atoms with E-state index in [-0.39, 0.29) is 0 Å². The molecule has 0 amide bonds. The van der Waals surface area contributed by atoms with Crippen LogP contribution in [0.15, 0.2) is 37.1 Å². The van der Waals surface area contributed by atoms with E-state index in [1.807, 2.05) is 17.1 Å². The average molecular weight is 523 g/mol. The van der Waals surface area contributed by atoms with Gasteiger partial charge in [-0.1, -0.05) is 18.6 Å². The summed E-state index contributed by atoms with van der Waals surface area (Å²) < 4.78 is 11.9. The summed E-state index contributed by atoms with van der Waals surface area (Å²) in [5, 5.41) is 8.81. The number of hydrazine groups is 1. The normalized spacial score (nSPS) is 18.5. The molecule has 2 aliphatic heterocycles. The molecule has 2 fully saturated rings. The van der Waals surface area contributed by atoms with Crippen LogP contribution in [0.4, 0.5) is 5.82 Å². The molecule has 0 saturated carbocycles. The monoisotopic (exact) mass is 522 g/mol. The van der Waals surface area contributed by atoms with Crippen LogP contribution >= 0.6 is 12.2 Å². The van der Waals surface area contributed by atoms with Crippen molar-refractivity contribution in [1.82, 2.24) is 35.3 Å². The molecule has 1 N–H and O–H groups in total. The SMILES string of the molecule is COc1cc2c(N3CCN(N(C=S)Cc4cnccn4)CC3)ncnc2cc1OCCC1CCCCN1. The molecule has 2 aromatic heterocycles. The van der Waals surface area contributed by atoms with E-state index < -0.39 is 0 Å². The van der Waals surface area contributed by atoms with E-state index in [1.165, 1.54) is 19.3 Å². The molecule has 2 saturated heterocycles.